The average molecular weight is 219 g/mol. The van der Waals surface area contributed by atoms with Crippen molar-refractivity contribution in [1.82, 2.24) is 4.98 Å². The summed E-state index contributed by atoms with van der Waals surface area (Å²) >= 11 is 0. The number of halogens is 1. The Morgan fingerprint density at radius 1 is 1.12 bits per heavy atom. The van der Waals surface area contributed by atoms with Gasteiger partial charge in [-0.2, -0.15) is 0 Å². The SMILES string of the molecule is CC(C)(C)c1[nH]c(=O)c(F)c2ccccc12. The molecule has 0 saturated heterocycles. The molecule has 0 radical (unpaired) electrons. The molecule has 0 amide bonds. The molecule has 0 saturated carbocycles. The van der Waals surface area contributed by atoms with Gasteiger partial charge in [0.1, 0.15) is 0 Å². The highest BCUT2D eigenvalue weighted by Crippen LogP contribution is 2.27. The van der Waals surface area contributed by atoms with Crippen LogP contribution in [0.15, 0.2) is 29.1 Å². The van der Waals surface area contributed by atoms with Crippen molar-refractivity contribution < 1.29 is 4.39 Å². The van der Waals surface area contributed by atoms with E-state index in [9.17, 15) is 9.18 Å². The van der Waals surface area contributed by atoms with Gasteiger partial charge in [-0.15, -0.1) is 0 Å². The van der Waals surface area contributed by atoms with Gasteiger partial charge >= 0.3 is 0 Å². The van der Waals surface area contributed by atoms with Gasteiger partial charge in [0.15, 0.2) is 5.82 Å². The van der Waals surface area contributed by atoms with Gasteiger partial charge in [0, 0.05) is 21.9 Å². The highest BCUT2D eigenvalue weighted by atomic mass is 19.1. The molecule has 0 atom stereocenters. The zero-order valence-corrected chi connectivity index (χ0v) is 9.60. The second-order valence-electron chi connectivity index (χ2n) is 4.94. The number of aromatic nitrogens is 1. The molecule has 2 nitrogen and oxygen atoms in total. The van der Waals surface area contributed by atoms with Gasteiger partial charge < -0.3 is 4.98 Å². The second kappa shape index (κ2) is 3.44. The minimum absolute atomic E-state index is 0.216. The third kappa shape index (κ3) is 1.62. The van der Waals surface area contributed by atoms with Crippen molar-refractivity contribution in [1.29, 1.82) is 0 Å². The maximum absolute atomic E-state index is 13.6. The Hall–Kier alpha value is -1.64. The summed E-state index contributed by atoms with van der Waals surface area (Å²) in [6, 6.07) is 7.04. The zero-order valence-electron chi connectivity index (χ0n) is 9.60. The van der Waals surface area contributed by atoms with E-state index in [-0.39, 0.29) is 5.41 Å². The van der Waals surface area contributed by atoms with Gasteiger partial charge in [0.2, 0.25) is 0 Å². The molecule has 2 aromatic rings. The molecule has 1 heterocycles. The zero-order chi connectivity index (χ0) is 11.9. The van der Waals surface area contributed by atoms with Crippen LogP contribution < -0.4 is 5.56 Å². The van der Waals surface area contributed by atoms with Crippen LogP contribution in [0, 0.1) is 5.82 Å². The lowest BCUT2D eigenvalue weighted by Gasteiger charge is -2.20. The van der Waals surface area contributed by atoms with Gasteiger partial charge in [-0.1, -0.05) is 45.0 Å². The maximum Gasteiger partial charge on any atom is 0.284 e. The van der Waals surface area contributed by atoms with Crippen LogP contribution in [0.4, 0.5) is 4.39 Å². The normalized spacial score (nSPS) is 12.0. The summed E-state index contributed by atoms with van der Waals surface area (Å²) in [7, 11) is 0. The van der Waals surface area contributed by atoms with Gasteiger partial charge in [0.05, 0.1) is 0 Å². The lowest BCUT2D eigenvalue weighted by Crippen LogP contribution is -2.22. The molecule has 0 unspecified atom stereocenters. The first kappa shape index (κ1) is 10.9. The van der Waals surface area contributed by atoms with Crippen molar-refractivity contribution in [3.8, 4) is 0 Å². The average Bonchev–Trinajstić information content (AvgIpc) is 2.22. The summed E-state index contributed by atoms with van der Waals surface area (Å²) in [6.45, 7) is 5.97. The molecule has 0 aliphatic carbocycles. The minimum Gasteiger partial charge on any atom is -0.323 e. The summed E-state index contributed by atoms with van der Waals surface area (Å²) in [5.74, 6) is -0.705. The Balaban J connectivity index is 2.97. The quantitative estimate of drug-likeness (QED) is 0.726. The Morgan fingerprint density at radius 3 is 2.25 bits per heavy atom. The topological polar surface area (TPSA) is 32.9 Å². The molecule has 0 spiro atoms. The van der Waals surface area contributed by atoms with Crippen molar-refractivity contribution >= 4 is 10.8 Å². The summed E-state index contributed by atoms with van der Waals surface area (Å²) in [5, 5.41) is 1.16. The first-order valence-electron chi connectivity index (χ1n) is 5.22. The monoisotopic (exact) mass is 219 g/mol. The molecule has 84 valence electrons. The summed E-state index contributed by atoms with van der Waals surface area (Å²) in [5.41, 5.74) is -0.0925. The van der Waals surface area contributed by atoms with E-state index in [1.165, 1.54) is 0 Å². The Labute approximate surface area is 93.1 Å². The molecular weight excluding hydrogens is 205 g/mol. The first-order chi connectivity index (χ1) is 7.41. The number of fused-ring (bicyclic) bond motifs is 1. The Bertz CT molecular complexity index is 593. The summed E-state index contributed by atoms with van der Waals surface area (Å²) < 4.78 is 13.6. The first-order valence-corrected chi connectivity index (χ1v) is 5.22. The molecule has 0 aliphatic rings. The van der Waals surface area contributed by atoms with Crippen LogP contribution in [-0.4, -0.2) is 4.98 Å². The number of aromatic amines is 1. The van der Waals surface area contributed by atoms with E-state index in [0.29, 0.717) is 5.39 Å². The number of hydrogen-bond acceptors (Lipinski definition) is 1. The van der Waals surface area contributed by atoms with E-state index in [2.05, 4.69) is 4.98 Å². The minimum atomic E-state index is -0.705. The third-order valence-electron chi connectivity index (χ3n) is 2.62. The molecule has 1 aromatic heterocycles. The number of pyridine rings is 1. The lowest BCUT2D eigenvalue weighted by molar-refractivity contribution is 0.562. The van der Waals surface area contributed by atoms with Gasteiger partial charge in [-0.05, 0) is 0 Å². The van der Waals surface area contributed by atoms with Gasteiger partial charge in [-0.3, -0.25) is 4.79 Å². The van der Waals surface area contributed by atoms with E-state index in [4.69, 9.17) is 0 Å². The number of benzene rings is 1. The summed E-state index contributed by atoms with van der Waals surface area (Å²) in [6.07, 6.45) is 0. The predicted octanol–water partition coefficient (Wildman–Crippen LogP) is 2.96. The van der Waals surface area contributed by atoms with Crippen LogP contribution >= 0.6 is 0 Å². The van der Waals surface area contributed by atoms with Crippen molar-refractivity contribution in [2.24, 2.45) is 0 Å². The molecule has 2 rings (SSSR count). The Kier molecular flexibility index (Phi) is 2.34. The van der Waals surface area contributed by atoms with Crippen molar-refractivity contribution in [2.75, 3.05) is 0 Å². The molecule has 1 aromatic carbocycles. The molecule has 0 aliphatic heterocycles. The van der Waals surface area contributed by atoms with E-state index in [1.807, 2.05) is 32.9 Å². The molecular formula is C13H14FNO. The van der Waals surface area contributed by atoms with Crippen molar-refractivity contribution in [3.05, 3.63) is 46.1 Å². The van der Waals surface area contributed by atoms with E-state index >= 15 is 0 Å². The van der Waals surface area contributed by atoms with E-state index in [1.54, 1.807) is 12.1 Å². The van der Waals surface area contributed by atoms with Crippen LogP contribution in [0.3, 0.4) is 0 Å². The Morgan fingerprint density at radius 2 is 1.69 bits per heavy atom. The number of nitrogens with one attached hydrogen (secondary N) is 1. The van der Waals surface area contributed by atoms with Crippen LogP contribution in [0.2, 0.25) is 0 Å². The third-order valence-corrected chi connectivity index (χ3v) is 2.62. The van der Waals surface area contributed by atoms with Gasteiger partial charge in [-0.25, -0.2) is 4.39 Å². The fourth-order valence-corrected chi connectivity index (χ4v) is 1.84. The molecule has 3 heteroatoms. The lowest BCUT2D eigenvalue weighted by atomic mass is 9.88. The summed E-state index contributed by atoms with van der Waals surface area (Å²) in [4.78, 5) is 14.1. The molecule has 16 heavy (non-hydrogen) atoms. The fraction of sp³-hybridized carbons (Fsp3) is 0.308. The van der Waals surface area contributed by atoms with Crippen LogP contribution in [0.5, 0.6) is 0 Å². The highest BCUT2D eigenvalue weighted by molar-refractivity contribution is 5.85. The predicted molar refractivity (Wildman–Crippen MR) is 63.2 cm³/mol. The molecule has 0 fully saturated rings. The maximum atomic E-state index is 13.6. The van der Waals surface area contributed by atoms with Gasteiger partial charge in [0.25, 0.3) is 5.56 Å². The number of rotatable bonds is 0. The van der Waals surface area contributed by atoms with Crippen LogP contribution in [0.1, 0.15) is 26.5 Å². The standard InChI is InChI=1S/C13H14FNO/c1-13(2,3)11-9-7-5-4-6-8(9)10(14)12(16)15-11/h4-7H,1-3H3,(H,15,16). The van der Waals surface area contributed by atoms with E-state index < -0.39 is 11.4 Å². The second-order valence-corrected chi connectivity index (χ2v) is 4.94. The number of hydrogen-bond donors (Lipinski definition) is 1. The number of H-pyrrole nitrogens is 1. The fourth-order valence-electron chi connectivity index (χ4n) is 1.84. The molecule has 0 bridgehead atoms. The molecule has 1 N–H and O–H groups in total. The highest BCUT2D eigenvalue weighted by Gasteiger charge is 2.20. The smallest absolute Gasteiger partial charge is 0.284 e. The van der Waals surface area contributed by atoms with Crippen molar-refractivity contribution in [2.45, 2.75) is 26.2 Å². The van der Waals surface area contributed by atoms with Crippen molar-refractivity contribution in [3.63, 3.8) is 0 Å². The van der Waals surface area contributed by atoms with E-state index in [0.717, 1.165) is 11.1 Å². The van der Waals surface area contributed by atoms with Crippen LogP contribution in [0.25, 0.3) is 10.8 Å². The largest absolute Gasteiger partial charge is 0.323 e. The van der Waals surface area contributed by atoms with Crippen LogP contribution in [-0.2, 0) is 5.41 Å².